The van der Waals surface area contributed by atoms with E-state index in [2.05, 4.69) is 27.5 Å². The van der Waals surface area contributed by atoms with E-state index in [1.807, 2.05) is 42.1 Å². The van der Waals surface area contributed by atoms with Gasteiger partial charge in [0, 0.05) is 44.5 Å². The van der Waals surface area contributed by atoms with Gasteiger partial charge in [0.25, 0.3) is 0 Å². The van der Waals surface area contributed by atoms with Crippen molar-refractivity contribution >= 4 is 40.8 Å². The molecule has 3 heterocycles. The second kappa shape index (κ2) is 9.13. The van der Waals surface area contributed by atoms with Crippen LogP contribution in [-0.2, 0) is 4.79 Å². The molecule has 1 fully saturated rings. The Morgan fingerprint density at radius 1 is 1.23 bits per heavy atom. The van der Waals surface area contributed by atoms with E-state index < -0.39 is 0 Å². The van der Waals surface area contributed by atoms with Crippen LogP contribution in [0.4, 0.5) is 27.7 Å². The van der Waals surface area contributed by atoms with Crippen LogP contribution in [-0.4, -0.2) is 61.0 Å². The van der Waals surface area contributed by atoms with Gasteiger partial charge in [0.2, 0.25) is 11.9 Å². The first-order chi connectivity index (χ1) is 16.9. The largest absolute Gasteiger partial charge is 0.363 e. The maximum Gasteiger partial charge on any atom is 0.330 e. The van der Waals surface area contributed by atoms with Gasteiger partial charge in [-0.3, -0.25) is 4.79 Å². The van der Waals surface area contributed by atoms with Crippen molar-refractivity contribution in [1.29, 1.82) is 0 Å². The van der Waals surface area contributed by atoms with E-state index in [1.165, 1.54) is 6.08 Å². The van der Waals surface area contributed by atoms with Gasteiger partial charge in [0.1, 0.15) is 11.6 Å². The normalized spacial score (nSPS) is 17.3. The summed E-state index contributed by atoms with van der Waals surface area (Å²) in [5.74, 6) is 1.67. The fourth-order valence-corrected chi connectivity index (χ4v) is 4.07. The zero-order chi connectivity index (χ0) is 24.5. The van der Waals surface area contributed by atoms with Crippen LogP contribution in [0, 0.1) is 0 Å². The van der Waals surface area contributed by atoms with E-state index in [4.69, 9.17) is 4.99 Å². The molecule has 5 rings (SSSR count). The Morgan fingerprint density at radius 2 is 2.06 bits per heavy atom. The molecule has 3 aliphatic rings. The molecule has 1 saturated carbocycles. The Hall–Kier alpha value is -4.34. The van der Waals surface area contributed by atoms with Crippen LogP contribution in [0.25, 0.3) is 0 Å². The number of nitrogens with one attached hydrogen (secondary N) is 3. The number of hydrogen-bond donors (Lipinski definition) is 3. The summed E-state index contributed by atoms with van der Waals surface area (Å²) in [6, 6.07) is 11.2. The fourth-order valence-electron chi connectivity index (χ4n) is 4.07. The Balaban J connectivity index is 1.47. The molecule has 0 saturated heterocycles. The Bertz CT molecular complexity index is 1230. The Labute approximate surface area is 204 Å². The van der Waals surface area contributed by atoms with E-state index in [0.29, 0.717) is 36.2 Å². The number of guanidine groups is 1. The number of rotatable bonds is 6. The number of urea groups is 1. The first-order valence-corrected chi connectivity index (χ1v) is 11.5. The molecule has 0 bridgehead atoms. The summed E-state index contributed by atoms with van der Waals surface area (Å²) in [5, 5.41) is 9.35. The molecule has 10 heteroatoms. The van der Waals surface area contributed by atoms with Crippen molar-refractivity contribution in [1.82, 2.24) is 15.2 Å². The Kier molecular flexibility index (Phi) is 5.86. The first kappa shape index (κ1) is 22.5. The number of anilines is 4. The van der Waals surface area contributed by atoms with Crippen molar-refractivity contribution in [3.05, 3.63) is 66.6 Å². The first-order valence-electron chi connectivity index (χ1n) is 11.5. The molecule has 1 aromatic carbocycles. The van der Waals surface area contributed by atoms with Crippen LogP contribution in [0.3, 0.4) is 0 Å². The fraction of sp³-hybridized carbons (Fsp3) is 0.280. The molecule has 2 aromatic rings. The third-order valence-electron chi connectivity index (χ3n) is 6.03. The van der Waals surface area contributed by atoms with Crippen molar-refractivity contribution in [3.8, 4) is 0 Å². The molecule has 0 radical (unpaired) electrons. The summed E-state index contributed by atoms with van der Waals surface area (Å²) >= 11 is 0. The number of hydrogen-bond acceptors (Lipinski definition) is 7. The third-order valence-corrected chi connectivity index (χ3v) is 6.03. The summed E-state index contributed by atoms with van der Waals surface area (Å²) in [6.45, 7) is 4.60. The molecule has 35 heavy (non-hydrogen) atoms. The molecule has 0 atom stereocenters. The summed E-state index contributed by atoms with van der Waals surface area (Å²) in [5.41, 5.74) is 3.03. The number of benzene rings is 1. The van der Waals surface area contributed by atoms with Crippen LogP contribution in [0.2, 0.25) is 0 Å². The van der Waals surface area contributed by atoms with Gasteiger partial charge in [-0.2, -0.15) is 4.99 Å². The highest BCUT2D eigenvalue weighted by molar-refractivity contribution is 6.02. The van der Waals surface area contributed by atoms with Crippen LogP contribution >= 0.6 is 0 Å². The maximum atomic E-state index is 13.6. The molecule has 1 aromatic heterocycles. The average Bonchev–Trinajstić information content (AvgIpc) is 3.69. The van der Waals surface area contributed by atoms with Crippen LogP contribution < -0.4 is 25.8 Å². The number of aromatic nitrogens is 1. The second-order valence-corrected chi connectivity index (χ2v) is 8.89. The van der Waals surface area contributed by atoms with Crippen LogP contribution in [0.15, 0.2) is 71.6 Å². The number of carbonyl (C=O) groups is 2. The van der Waals surface area contributed by atoms with Gasteiger partial charge in [-0.25, -0.2) is 14.7 Å². The molecule has 0 unspecified atom stereocenters. The summed E-state index contributed by atoms with van der Waals surface area (Å²) in [7, 11) is 3.88. The molecule has 2 aliphatic heterocycles. The lowest BCUT2D eigenvalue weighted by Gasteiger charge is -2.39. The van der Waals surface area contributed by atoms with Gasteiger partial charge in [0.15, 0.2) is 0 Å². The number of pyridine rings is 1. The molecular weight excluding hydrogens is 444 g/mol. The quantitative estimate of drug-likeness (QED) is 0.559. The molecule has 3 N–H and O–H groups in total. The van der Waals surface area contributed by atoms with Crippen molar-refractivity contribution in [2.45, 2.75) is 18.9 Å². The lowest BCUT2D eigenvalue weighted by atomic mass is 10.1. The SMILES string of the molecule is C=CC(=O)Nc1cccc(N2C(=O)N(C3CC3)CC3=C2N=C(Nc2ccc(N(C)C)nc2)NC3)c1. The number of aliphatic imine (C=N–C) groups is 1. The number of nitrogens with zero attached hydrogens (tertiary/aromatic N) is 5. The predicted molar refractivity (Wildman–Crippen MR) is 138 cm³/mol. The van der Waals surface area contributed by atoms with Crippen molar-refractivity contribution in [2.24, 2.45) is 4.99 Å². The summed E-state index contributed by atoms with van der Waals surface area (Å²) in [6.07, 6.45) is 4.98. The lowest BCUT2D eigenvalue weighted by Crippen LogP contribution is -2.53. The monoisotopic (exact) mass is 472 g/mol. The van der Waals surface area contributed by atoms with Crippen molar-refractivity contribution < 1.29 is 9.59 Å². The highest BCUT2D eigenvalue weighted by Gasteiger charge is 2.42. The van der Waals surface area contributed by atoms with Gasteiger partial charge in [-0.1, -0.05) is 12.6 Å². The van der Waals surface area contributed by atoms with Gasteiger partial charge >= 0.3 is 6.03 Å². The van der Waals surface area contributed by atoms with Crippen molar-refractivity contribution in [3.63, 3.8) is 0 Å². The Morgan fingerprint density at radius 3 is 2.74 bits per heavy atom. The highest BCUT2D eigenvalue weighted by atomic mass is 16.2. The van der Waals surface area contributed by atoms with Crippen LogP contribution in [0.5, 0.6) is 0 Å². The molecule has 3 amide bonds. The van der Waals surface area contributed by atoms with Gasteiger partial charge in [0.05, 0.1) is 17.6 Å². The molecular formula is C25H28N8O2. The maximum absolute atomic E-state index is 13.6. The van der Waals surface area contributed by atoms with E-state index in [1.54, 1.807) is 29.3 Å². The number of amides is 3. The van der Waals surface area contributed by atoms with Crippen LogP contribution in [0.1, 0.15) is 12.8 Å². The standard InChI is InChI=1S/C25H28N8O2/c1-4-22(34)28-17-6-5-7-20(12-17)33-23-16(15-32(25(33)35)19-9-10-19)13-27-24(30-23)29-18-8-11-21(26-14-18)31(2)3/h4-8,11-12,14,19H,1,9-10,13,15H2,2-3H3,(H,28,34)(H2,27,29,30). The molecule has 1 aliphatic carbocycles. The van der Waals surface area contributed by atoms with Gasteiger partial charge < -0.3 is 25.8 Å². The van der Waals surface area contributed by atoms with E-state index >= 15 is 0 Å². The minimum atomic E-state index is -0.313. The minimum Gasteiger partial charge on any atom is -0.363 e. The predicted octanol–water partition coefficient (Wildman–Crippen LogP) is 2.96. The van der Waals surface area contributed by atoms with E-state index in [9.17, 15) is 9.59 Å². The summed E-state index contributed by atoms with van der Waals surface area (Å²) < 4.78 is 0. The molecule has 0 spiro atoms. The smallest absolute Gasteiger partial charge is 0.330 e. The highest BCUT2D eigenvalue weighted by Crippen LogP contribution is 2.36. The van der Waals surface area contributed by atoms with Gasteiger partial charge in [-0.05, 0) is 49.2 Å². The lowest BCUT2D eigenvalue weighted by molar-refractivity contribution is -0.111. The topological polar surface area (TPSA) is 105 Å². The third kappa shape index (κ3) is 4.68. The van der Waals surface area contributed by atoms with Crippen molar-refractivity contribution in [2.75, 3.05) is 47.6 Å². The second-order valence-electron chi connectivity index (χ2n) is 8.89. The molecule has 180 valence electrons. The van der Waals surface area contributed by atoms with E-state index in [-0.39, 0.29) is 18.0 Å². The zero-order valence-corrected chi connectivity index (χ0v) is 19.8. The number of carbonyl (C=O) groups excluding carboxylic acids is 2. The van der Waals surface area contributed by atoms with E-state index in [0.717, 1.165) is 29.9 Å². The summed E-state index contributed by atoms with van der Waals surface area (Å²) in [4.78, 5) is 40.1. The van der Waals surface area contributed by atoms with Gasteiger partial charge in [-0.15, -0.1) is 0 Å². The zero-order valence-electron chi connectivity index (χ0n) is 19.8. The molecule has 10 nitrogen and oxygen atoms in total. The minimum absolute atomic E-state index is 0.111. The average molecular weight is 473 g/mol.